The van der Waals surface area contributed by atoms with Crippen LogP contribution in [0.2, 0.25) is 0 Å². The van der Waals surface area contributed by atoms with Crippen molar-refractivity contribution >= 4 is 23.3 Å². The lowest BCUT2D eigenvalue weighted by Crippen LogP contribution is -2.28. The van der Waals surface area contributed by atoms with Crippen LogP contribution in [0.5, 0.6) is 0 Å². The van der Waals surface area contributed by atoms with Gasteiger partial charge in [-0.2, -0.15) is 11.8 Å². The molecule has 2 heterocycles. The molecule has 2 N–H and O–H groups in total. The third-order valence-corrected chi connectivity index (χ3v) is 4.23. The third kappa shape index (κ3) is 2.58. The Morgan fingerprint density at radius 3 is 3.00 bits per heavy atom. The van der Waals surface area contributed by atoms with Crippen molar-refractivity contribution in [1.82, 2.24) is 9.97 Å². The highest BCUT2D eigenvalue weighted by Crippen LogP contribution is 2.32. The number of aromatic nitrogens is 2. The highest BCUT2D eigenvalue weighted by atomic mass is 32.2. The van der Waals surface area contributed by atoms with Gasteiger partial charge in [0.2, 0.25) is 0 Å². The third-order valence-electron chi connectivity index (χ3n) is 2.86. The zero-order valence-electron chi connectivity index (χ0n) is 9.81. The van der Waals surface area contributed by atoms with Crippen LogP contribution in [0.15, 0.2) is 12.5 Å². The van der Waals surface area contributed by atoms with Crippen molar-refractivity contribution in [2.24, 2.45) is 0 Å². The minimum Gasteiger partial charge on any atom is -0.394 e. The summed E-state index contributed by atoms with van der Waals surface area (Å²) in [5, 5.41) is 0. The van der Waals surface area contributed by atoms with Crippen LogP contribution in [-0.4, -0.2) is 33.6 Å². The zero-order valence-corrected chi connectivity index (χ0v) is 10.6. The molecule has 0 bridgehead atoms. The molecule has 16 heavy (non-hydrogen) atoms. The molecule has 0 aliphatic carbocycles. The van der Waals surface area contributed by atoms with Crippen LogP contribution in [0, 0.1) is 0 Å². The van der Waals surface area contributed by atoms with Crippen LogP contribution in [0.4, 0.5) is 11.5 Å². The molecule has 1 aromatic heterocycles. The van der Waals surface area contributed by atoms with Crippen LogP contribution in [0.1, 0.15) is 20.3 Å². The molecule has 0 radical (unpaired) electrons. The number of anilines is 2. The maximum Gasteiger partial charge on any atom is 0.155 e. The Balaban J connectivity index is 2.14. The summed E-state index contributed by atoms with van der Waals surface area (Å²) in [5.74, 6) is 2.00. The summed E-state index contributed by atoms with van der Waals surface area (Å²) < 4.78 is 0.358. The Morgan fingerprint density at radius 1 is 1.44 bits per heavy atom. The smallest absolute Gasteiger partial charge is 0.155 e. The molecule has 1 aliphatic rings. The molecule has 5 heteroatoms. The second-order valence-electron chi connectivity index (χ2n) is 4.65. The average molecular weight is 238 g/mol. The Labute approximate surface area is 101 Å². The van der Waals surface area contributed by atoms with Crippen molar-refractivity contribution in [3.8, 4) is 0 Å². The van der Waals surface area contributed by atoms with E-state index < -0.39 is 0 Å². The quantitative estimate of drug-likeness (QED) is 0.808. The monoisotopic (exact) mass is 238 g/mol. The van der Waals surface area contributed by atoms with E-state index >= 15 is 0 Å². The van der Waals surface area contributed by atoms with Crippen molar-refractivity contribution in [2.45, 2.75) is 25.0 Å². The Kier molecular flexibility index (Phi) is 3.23. The largest absolute Gasteiger partial charge is 0.394 e. The fourth-order valence-electron chi connectivity index (χ4n) is 1.83. The number of rotatable bonds is 1. The summed E-state index contributed by atoms with van der Waals surface area (Å²) in [7, 11) is 0. The fourth-order valence-corrected chi connectivity index (χ4v) is 2.93. The van der Waals surface area contributed by atoms with Crippen LogP contribution in [-0.2, 0) is 0 Å². The van der Waals surface area contributed by atoms with Gasteiger partial charge in [0.1, 0.15) is 6.33 Å². The molecule has 0 unspecified atom stereocenters. The van der Waals surface area contributed by atoms with Crippen molar-refractivity contribution in [2.75, 3.05) is 29.5 Å². The summed E-state index contributed by atoms with van der Waals surface area (Å²) in [5.41, 5.74) is 6.57. The number of nitrogens with zero attached hydrogens (tertiary/aromatic N) is 3. The van der Waals surface area contributed by atoms with Crippen LogP contribution in [0.3, 0.4) is 0 Å². The van der Waals surface area contributed by atoms with Gasteiger partial charge in [0.15, 0.2) is 5.82 Å². The van der Waals surface area contributed by atoms with Gasteiger partial charge in [-0.25, -0.2) is 9.97 Å². The second-order valence-corrected chi connectivity index (χ2v) is 6.45. The summed E-state index contributed by atoms with van der Waals surface area (Å²) in [6.07, 6.45) is 4.39. The molecule has 0 saturated carbocycles. The molecule has 88 valence electrons. The van der Waals surface area contributed by atoms with Crippen molar-refractivity contribution < 1.29 is 0 Å². The molecular weight excluding hydrogens is 220 g/mol. The number of thioether (sulfide) groups is 1. The average Bonchev–Trinajstić information content (AvgIpc) is 2.40. The van der Waals surface area contributed by atoms with E-state index in [0.717, 1.165) is 31.1 Å². The van der Waals surface area contributed by atoms with E-state index in [1.165, 1.54) is 0 Å². The summed E-state index contributed by atoms with van der Waals surface area (Å²) in [4.78, 5) is 10.5. The number of nitrogens with two attached hydrogens (primary N) is 1. The van der Waals surface area contributed by atoms with E-state index in [1.807, 2.05) is 11.8 Å². The Hall–Kier alpha value is -0.970. The van der Waals surface area contributed by atoms with E-state index in [2.05, 4.69) is 28.7 Å². The van der Waals surface area contributed by atoms with Gasteiger partial charge >= 0.3 is 0 Å². The lowest BCUT2D eigenvalue weighted by molar-refractivity contribution is 0.635. The summed E-state index contributed by atoms with van der Waals surface area (Å²) in [6.45, 7) is 6.62. The molecular formula is C11H18N4S. The standard InChI is InChI=1S/C11H18N4S/c1-11(2)3-4-15(5-6-16-11)10-9(12)7-13-8-14-10/h7-8H,3-6,12H2,1-2H3. The van der Waals surface area contributed by atoms with E-state index in [-0.39, 0.29) is 0 Å². The van der Waals surface area contributed by atoms with Crippen molar-refractivity contribution in [3.63, 3.8) is 0 Å². The van der Waals surface area contributed by atoms with Crippen LogP contribution in [0.25, 0.3) is 0 Å². The predicted molar refractivity (Wildman–Crippen MR) is 69.8 cm³/mol. The molecule has 1 aliphatic heterocycles. The van der Waals surface area contributed by atoms with Gasteiger partial charge in [-0.05, 0) is 6.42 Å². The van der Waals surface area contributed by atoms with E-state index in [1.54, 1.807) is 12.5 Å². The number of hydrogen-bond acceptors (Lipinski definition) is 5. The first-order valence-electron chi connectivity index (χ1n) is 5.53. The van der Waals surface area contributed by atoms with E-state index in [9.17, 15) is 0 Å². The maximum absolute atomic E-state index is 5.90. The summed E-state index contributed by atoms with van der Waals surface area (Å²) in [6, 6.07) is 0. The van der Waals surface area contributed by atoms with Gasteiger partial charge < -0.3 is 10.6 Å². The second kappa shape index (κ2) is 4.49. The highest BCUT2D eigenvalue weighted by Gasteiger charge is 2.24. The predicted octanol–water partition coefficient (Wildman–Crippen LogP) is 1.78. The van der Waals surface area contributed by atoms with E-state index in [4.69, 9.17) is 5.73 Å². The van der Waals surface area contributed by atoms with Gasteiger partial charge in [0.05, 0.1) is 11.9 Å². The minimum absolute atomic E-state index is 0.358. The van der Waals surface area contributed by atoms with Crippen LogP contribution >= 0.6 is 11.8 Å². The molecule has 0 aromatic carbocycles. The van der Waals surface area contributed by atoms with Crippen LogP contribution < -0.4 is 10.6 Å². The first-order valence-corrected chi connectivity index (χ1v) is 6.51. The summed E-state index contributed by atoms with van der Waals surface area (Å²) >= 11 is 2.02. The molecule has 1 fully saturated rings. The van der Waals surface area contributed by atoms with Gasteiger partial charge in [0, 0.05) is 23.6 Å². The Bertz CT molecular complexity index is 367. The fraction of sp³-hybridized carbons (Fsp3) is 0.636. The molecule has 1 saturated heterocycles. The number of nitrogen functional groups attached to an aromatic ring is 1. The topological polar surface area (TPSA) is 55.0 Å². The molecule has 0 spiro atoms. The maximum atomic E-state index is 5.90. The first kappa shape index (κ1) is 11.5. The minimum atomic E-state index is 0.358. The molecule has 2 rings (SSSR count). The lowest BCUT2D eigenvalue weighted by Gasteiger charge is -2.23. The first-order chi connectivity index (χ1) is 7.58. The van der Waals surface area contributed by atoms with Gasteiger partial charge in [-0.1, -0.05) is 13.8 Å². The SMILES string of the molecule is CC1(C)CCN(c2ncncc2N)CCS1. The van der Waals surface area contributed by atoms with Gasteiger partial charge in [-0.3, -0.25) is 0 Å². The molecule has 4 nitrogen and oxygen atoms in total. The number of hydrogen-bond donors (Lipinski definition) is 1. The molecule has 1 aromatic rings. The normalized spacial score (nSPS) is 20.5. The van der Waals surface area contributed by atoms with E-state index in [0.29, 0.717) is 10.4 Å². The van der Waals surface area contributed by atoms with Gasteiger partial charge in [0.25, 0.3) is 0 Å². The molecule has 0 amide bonds. The Morgan fingerprint density at radius 2 is 2.25 bits per heavy atom. The highest BCUT2D eigenvalue weighted by molar-refractivity contribution is 8.00. The zero-order chi connectivity index (χ0) is 11.6. The van der Waals surface area contributed by atoms with Crippen molar-refractivity contribution in [1.29, 1.82) is 0 Å². The van der Waals surface area contributed by atoms with Crippen molar-refractivity contribution in [3.05, 3.63) is 12.5 Å². The van der Waals surface area contributed by atoms with Gasteiger partial charge in [-0.15, -0.1) is 0 Å². The lowest BCUT2D eigenvalue weighted by atomic mass is 10.1. The molecule has 0 atom stereocenters.